The molecule has 0 aliphatic carbocycles. The molecule has 1 atom stereocenters. The molecular weight excluding hydrogens is 216 g/mol. The van der Waals surface area contributed by atoms with Crippen LogP contribution in [0, 0.1) is 6.92 Å². The summed E-state index contributed by atoms with van der Waals surface area (Å²) in [7, 11) is 2.18. The Morgan fingerprint density at radius 3 is 2.50 bits per heavy atom. The Labute approximate surface area is 103 Å². The molecule has 2 N–H and O–H groups in total. The predicted molar refractivity (Wildman–Crippen MR) is 73.0 cm³/mol. The number of likely N-dealkylation sites (N-methyl/N-ethyl adjacent to an activating group) is 1. The van der Waals surface area contributed by atoms with Crippen LogP contribution in [0.5, 0.6) is 0 Å². The average molecular weight is 240 g/mol. The second-order valence-corrected chi connectivity index (χ2v) is 5.94. The molecule has 0 saturated carbocycles. The van der Waals surface area contributed by atoms with Crippen LogP contribution in [0.4, 0.5) is 0 Å². The Balaban J connectivity index is 2.96. The van der Waals surface area contributed by atoms with Gasteiger partial charge in [-0.1, -0.05) is 6.92 Å². The first-order valence-corrected chi connectivity index (χ1v) is 6.79. The molecule has 0 spiro atoms. The SMILES string of the molecule is CCC(C)(C)N(C)C(CN)c1sccc1C. The van der Waals surface area contributed by atoms with Gasteiger partial charge in [0.15, 0.2) is 0 Å². The van der Waals surface area contributed by atoms with Gasteiger partial charge in [0.2, 0.25) is 0 Å². The molecule has 0 amide bonds. The molecule has 0 bridgehead atoms. The summed E-state index contributed by atoms with van der Waals surface area (Å²) in [4.78, 5) is 3.82. The molecule has 16 heavy (non-hydrogen) atoms. The van der Waals surface area contributed by atoms with Crippen molar-refractivity contribution in [1.82, 2.24) is 4.90 Å². The monoisotopic (exact) mass is 240 g/mol. The van der Waals surface area contributed by atoms with Crippen molar-refractivity contribution < 1.29 is 0 Å². The predicted octanol–water partition coefficient (Wildman–Crippen LogP) is 3.18. The number of hydrogen-bond acceptors (Lipinski definition) is 3. The van der Waals surface area contributed by atoms with Gasteiger partial charge >= 0.3 is 0 Å². The number of hydrogen-bond donors (Lipinski definition) is 1. The fraction of sp³-hybridized carbons (Fsp3) is 0.692. The Hall–Kier alpha value is -0.380. The van der Waals surface area contributed by atoms with Crippen molar-refractivity contribution in [3.05, 3.63) is 21.9 Å². The van der Waals surface area contributed by atoms with Crippen LogP contribution in [0.15, 0.2) is 11.4 Å². The average Bonchev–Trinajstić information content (AvgIpc) is 2.66. The highest BCUT2D eigenvalue weighted by atomic mass is 32.1. The largest absolute Gasteiger partial charge is 0.329 e. The fourth-order valence-electron chi connectivity index (χ4n) is 1.84. The highest BCUT2D eigenvalue weighted by molar-refractivity contribution is 7.10. The van der Waals surface area contributed by atoms with Gasteiger partial charge in [-0.05, 0) is 51.2 Å². The smallest absolute Gasteiger partial charge is 0.0568 e. The van der Waals surface area contributed by atoms with Crippen LogP contribution in [-0.4, -0.2) is 24.0 Å². The first-order chi connectivity index (χ1) is 7.44. The summed E-state index contributed by atoms with van der Waals surface area (Å²) in [6, 6.07) is 2.52. The van der Waals surface area contributed by atoms with Gasteiger partial charge in [0, 0.05) is 17.0 Å². The van der Waals surface area contributed by atoms with Gasteiger partial charge in [-0.15, -0.1) is 11.3 Å². The van der Waals surface area contributed by atoms with Crippen LogP contribution in [0.1, 0.15) is 43.7 Å². The lowest BCUT2D eigenvalue weighted by Crippen LogP contribution is -2.45. The van der Waals surface area contributed by atoms with Gasteiger partial charge in [-0.3, -0.25) is 4.90 Å². The number of nitrogens with zero attached hydrogens (tertiary/aromatic N) is 1. The third-order valence-corrected chi connectivity index (χ3v) is 4.84. The molecule has 1 aromatic rings. The Bertz CT molecular complexity index is 330. The van der Waals surface area contributed by atoms with Gasteiger partial charge in [0.25, 0.3) is 0 Å². The van der Waals surface area contributed by atoms with E-state index in [4.69, 9.17) is 5.73 Å². The number of thiophene rings is 1. The van der Waals surface area contributed by atoms with Gasteiger partial charge in [-0.25, -0.2) is 0 Å². The Kier molecular flexibility index (Phi) is 4.53. The van der Waals surface area contributed by atoms with Crippen LogP contribution in [0.2, 0.25) is 0 Å². The van der Waals surface area contributed by atoms with E-state index in [1.54, 1.807) is 0 Å². The molecule has 2 nitrogen and oxygen atoms in total. The fourth-order valence-corrected chi connectivity index (χ4v) is 2.92. The van der Waals surface area contributed by atoms with Crippen molar-refractivity contribution in [3.63, 3.8) is 0 Å². The summed E-state index contributed by atoms with van der Waals surface area (Å²) in [5.74, 6) is 0. The van der Waals surface area contributed by atoms with Crippen LogP contribution < -0.4 is 5.73 Å². The first-order valence-electron chi connectivity index (χ1n) is 5.91. The highest BCUT2D eigenvalue weighted by Crippen LogP contribution is 2.32. The number of rotatable bonds is 5. The Morgan fingerprint density at radius 2 is 2.12 bits per heavy atom. The van der Waals surface area contributed by atoms with Gasteiger partial charge < -0.3 is 5.73 Å². The molecule has 0 aliphatic heterocycles. The lowest BCUT2D eigenvalue weighted by atomic mass is 9.96. The lowest BCUT2D eigenvalue weighted by molar-refractivity contribution is 0.102. The normalized spacial score (nSPS) is 14.4. The molecule has 1 rings (SSSR count). The summed E-state index contributed by atoms with van der Waals surface area (Å²) in [5, 5.41) is 2.15. The van der Waals surface area contributed by atoms with E-state index in [1.807, 2.05) is 11.3 Å². The van der Waals surface area contributed by atoms with E-state index in [0.29, 0.717) is 12.6 Å². The summed E-state index contributed by atoms with van der Waals surface area (Å²) < 4.78 is 0. The highest BCUT2D eigenvalue weighted by Gasteiger charge is 2.29. The summed E-state index contributed by atoms with van der Waals surface area (Å²) in [6.45, 7) is 9.63. The topological polar surface area (TPSA) is 29.3 Å². The van der Waals surface area contributed by atoms with Crippen molar-refractivity contribution in [2.45, 2.75) is 45.7 Å². The molecule has 0 aliphatic rings. The van der Waals surface area contributed by atoms with E-state index in [-0.39, 0.29) is 5.54 Å². The minimum Gasteiger partial charge on any atom is -0.329 e. The molecule has 3 heteroatoms. The van der Waals surface area contributed by atoms with E-state index in [2.05, 4.69) is 51.1 Å². The van der Waals surface area contributed by atoms with Gasteiger partial charge in [0.1, 0.15) is 0 Å². The van der Waals surface area contributed by atoms with Crippen molar-refractivity contribution in [2.24, 2.45) is 5.73 Å². The molecule has 0 radical (unpaired) electrons. The second kappa shape index (κ2) is 5.30. The Morgan fingerprint density at radius 1 is 1.50 bits per heavy atom. The lowest BCUT2D eigenvalue weighted by Gasteiger charge is -2.40. The maximum Gasteiger partial charge on any atom is 0.0568 e. The zero-order valence-corrected chi connectivity index (χ0v) is 11.9. The second-order valence-electron chi connectivity index (χ2n) is 5.00. The van der Waals surface area contributed by atoms with Crippen LogP contribution in [0.25, 0.3) is 0 Å². The maximum absolute atomic E-state index is 5.95. The quantitative estimate of drug-likeness (QED) is 0.856. The van der Waals surface area contributed by atoms with E-state index >= 15 is 0 Å². The summed E-state index contributed by atoms with van der Waals surface area (Å²) >= 11 is 1.82. The van der Waals surface area contributed by atoms with Crippen LogP contribution in [-0.2, 0) is 0 Å². The molecule has 1 heterocycles. The van der Waals surface area contributed by atoms with E-state index < -0.39 is 0 Å². The zero-order valence-electron chi connectivity index (χ0n) is 11.1. The molecule has 0 fully saturated rings. The zero-order chi connectivity index (χ0) is 12.3. The molecule has 1 unspecified atom stereocenters. The van der Waals surface area contributed by atoms with Gasteiger partial charge in [0.05, 0.1) is 6.04 Å². The minimum atomic E-state index is 0.195. The molecule has 1 aromatic heterocycles. The number of nitrogens with two attached hydrogens (primary N) is 1. The standard InChI is InChI=1S/C13H24N2S/c1-6-13(3,4)15(5)11(9-14)12-10(2)7-8-16-12/h7-8,11H,6,9,14H2,1-5H3. The molecule has 0 aromatic carbocycles. The van der Waals surface area contributed by atoms with Crippen molar-refractivity contribution in [2.75, 3.05) is 13.6 Å². The summed E-state index contributed by atoms with van der Waals surface area (Å²) in [5.41, 5.74) is 7.51. The van der Waals surface area contributed by atoms with Crippen molar-refractivity contribution in [3.8, 4) is 0 Å². The van der Waals surface area contributed by atoms with Crippen LogP contribution in [0.3, 0.4) is 0 Å². The third kappa shape index (κ3) is 2.65. The van der Waals surface area contributed by atoms with Crippen LogP contribution >= 0.6 is 11.3 Å². The number of aryl methyl sites for hydroxylation is 1. The molecule has 0 saturated heterocycles. The first kappa shape index (κ1) is 13.7. The third-order valence-electron chi connectivity index (χ3n) is 3.72. The maximum atomic E-state index is 5.95. The molecular formula is C13H24N2S. The van der Waals surface area contributed by atoms with E-state index in [1.165, 1.54) is 10.4 Å². The van der Waals surface area contributed by atoms with E-state index in [9.17, 15) is 0 Å². The summed E-state index contributed by atoms with van der Waals surface area (Å²) in [6.07, 6.45) is 1.13. The molecule has 92 valence electrons. The van der Waals surface area contributed by atoms with Crippen molar-refractivity contribution >= 4 is 11.3 Å². The van der Waals surface area contributed by atoms with Crippen molar-refractivity contribution in [1.29, 1.82) is 0 Å². The van der Waals surface area contributed by atoms with Gasteiger partial charge in [-0.2, -0.15) is 0 Å². The minimum absolute atomic E-state index is 0.195. The van der Waals surface area contributed by atoms with E-state index in [0.717, 1.165) is 6.42 Å².